The van der Waals surface area contributed by atoms with E-state index in [0.29, 0.717) is 0 Å². The van der Waals surface area contributed by atoms with E-state index in [4.69, 9.17) is 12.2 Å². The molecule has 1 aliphatic rings. The average molecular weight is 401 g/mol. The van der Waals surface area contributed by atoms with E-state index in [9.17, 15) is 9.59 Å². The number of amides is 2. The minimum absolute atomic E-state index is 0.0288. The van der Waals surface area contributed by atoms with E-state index in [0.717, 1.165) is 33.8 Å². The van der Waals surface area contributed by atoms with Crippen LogP contribution in [0.15, 0.2) is 66.2 Å². The molecule has 0 unspecified atom stereocenters. The van der Waals surface area contributed by atoms with E-state index in [1.165, 1.54) is 0 Å². The number of hydrogen-bond donors (Lipinski definition) is 2. The minimum atomic E-state index is -0.490. The smallest absolute Gasteiger partial charge is 0.263 e. The number of aromatic nitrogens is 1. The highest BCUT2D eigenvalue weighted by Crippen LogP contribution is 2.26. The van der Waals surface area contributed by atoms with Crippen LogP contribution in [0.25, 0.3) is 22.9 Å². The highest BCUT2D eigenvalue weighted by atomic mass is 32.1. The van der Waals surface area contributed by atoms with Gasteiger partial charge in [-0.15, -0.1) is 0 Å². The molecule has 29 heavy (non-hydrogen) atoms. The molecule has 5 nitrogen and oxygen atoms in total. The second kappa shape index (κ2) is 7.48. The van der Waals surface area contributed by atoms with Crippen LogP contribution in [0.1, 0.15) is 17.0 Å². The summed E-state index contributed by atoms with van der Waals surface area (Å²) < 4.78 is 2.10. The first kappa shape index (κ1) is 18.8. The number of carbonyl (C=O) groups excluding carboxylic acids is 2. The largest absolute Gasteiger partial charge is 0.318 e. The highest BCUT2D eigenvalue weighted by molar-refractivity contribution is 7.80. The molecule has 1 fully saturated rings. The second-order valence-corrected chi connectivity index (χ2v) is 7.28. The molecule has 4 rings (SSSR count). The topological polar surface area (TPSA) is 63.1 Å². The van der Waals surface area contributed by atoms with Crippen LogP contribution < -0.4 is 10.6 Å². The number of thiocarbonyl (C=S) groups is 1. The predicted octanol–water partition coefficient (Wildman–Crippen LogP) is 3.68. The molecule has 2 aromatic carbocycles. The SMILES string of the molecule is Cc1cc(C=C2C(=O)NC(=S)NC2=O)c(C)n1-c1ccc(-c2ccccc2)cc1. The molecule has 2 amide bonds. The lowest BCUT2D eigenvalue weighted by molar-refractivity contribution is -0.123. The van der Waals surface area contributed by atoms with Crippen molar-refractivity contribution in [3.63, 3.8) is 0 Å². The highest BCUT2D eigenvalue weighted by Gasteiger charge is 2.26. The van der Waals surface area contributed by atoms with Gasteiger partial charge in [0, 0.05) is 17.1 Å². The molecule has 0 saturated carbocycles. The van der Waals surface area contributed by atoms with Crippen molar-refractivity contribution in [3.8, 4) is 16.8 Å². The van der Waals surface area contributed by atoms with Gasteiger partial charge in [0.2, 0.25) is 0 Å². The number of nitrogens with zero attached hydrogens (tertiary/aromatic N) is 1. The van der Waals surface area contributed by atoms with Gasteiger partial charge in [0.15, 0.2) is 5.11 Å². The summed E-state index contributed by atoms with van der Waals surface area (Å²) in [5, 5.41) is 4.95. The molecule has 0 radical (unpaired) electrons. The fourth-order valence-electron chi connectivity index (χ4n) is 3.53. The van der Waals surface area contributed by atoms with Crippen molar-refractivity contribution in [1.82, 2.24) is 15.2 Å². The monoisotopic (exact) mass is 401 g/mol. The van der Waals surface area contributed by atoms with Crippen molar-refractivity contribution in [2.24, 2.45) is 0 Å². The van der Waals surface area contributed by atoms with E-state index in [2.05, 4.69) is 51.6 Å². The van der Waals surface area contributed by atoms with Gasteiger partial charge in [-0.05, 0) is 67.0 Å². The van der Waals surface area contributed by atoms with Crippen LogP contribution in [0.3, 0.4) is 0 Å². The van der Waals surface area contributed by atoms with Gasteiger partial charge in [0.05, 0.1) is 0 Å². The van der Waals surface area contributed by atoms with Crippen LogP contribution in [0.4, 0.5) is 0 Å². The van der Waals surface area contributed by atoms with Gasteiger partial charge in [-0.2, -0.15) is 0 Å². The summed E-state index contributed by atoms with van der Waals surface area (Å²) in [7, 11) is 0. The average Bonchev–Trinajstić information content (AvgIpc) is 2.98. The Balaban J connectivity index is 1.69. The molecule has 2 heterocycles. The van der Waals surface area contributed by atoms with Crippen LogP contribution in [0, 0.1) is 13.8 Å². The van der Waals surface area contributed by atoms with Crippen LogP contribution >= 0.6 is 12.2 Å². The number of aryl methyl sites for hydroxylation is 1. The summed E-state index contributed by atoms with van der Waals surface area (Å²) in [5.41, 5.74) is 6.12. The Morgan fingerprint density at radius 2 is 1.45 bits per heavy atom. The van der Waals surface area contributed by atoms with Crippen LogP contribution in [0.2, 0.25) is 0 Å². The molecule has 0 bridgehead atoms. The molecular formula is C23H19N3O2S. The first-order valence-electron chi connectivity index (χ1n) is 9.17. The molecular weight excluding hydrogens is 382 g/mol. The first-order valence-corrected chi connectivity index (χ1v) is 9.58. The molecule has 1 saturated heterocycles. The molecule has 1 aliphatic heterocycles. The molecule has 1 aromatic heterocycles. The zero-order chi connectivity index (χ0) is 20.5. The van der Waals surface area contributed by atoms with Crippen molar-refractivity contribution < 1.29 is 9.59 Å². The number of nitrogens with one attached hydrogen (secondary N) is 2. The van der Waals surface area contributed by atoms with Crippen molar-refractivity contribution in [2.75, 3.05) is 0 Å². The molecule has 2 N–H and O–H groups in total. The standard InChI is InChI=1S/C23H19N3O2S/c1-14-12-18(13-20-21(27)24-23(29)25-22(20)28)15(2)26(14)19-10-8-17(9-11-19)16-6-4-3-5-7-16/h3-13H,1-2H3,(H2,24,25,27,28,29). The molecule has 0 spiro atoms. The molecule has 3 aromatic rings. The Bertz CT molecular complexity index is 1140. The summed E-state index contributed by atoms with van der Waals surface area (Å²) in [6, 6.07) is 20.5. The summed E-state index contributed by atoms with van der Waals surface area (Å²) in [4.78, 5) is 24.3. The summed E-state index contributed by atoms with van der Waals surface area (Å²) in [6.45, 7) is 3.96. The summed E-state index contributed by atoms with van der Waals surface area (Å²) in [6.07, 6.45) is 1.60. The van der Waals surface area contributed by atoms with E-state index < -0.39 is 11.8 Å². The van der Waals surface area contributed by atoms with Crippen molar-refractivity contribution in [3.05, 3.63) is 83.2 Å². The van der Waals surface area contributed by atoms with Crippen LogP contribution in [-0.4, -0.2) is 21.5 Å². The number of rotatable bonds is 3. The number of carbonyl (C=O) groups is 2. The number of benzene rings is 2. The van der Waals surface area contributed by atoms with Crippen molar-refractivity contribution >= 4 is 35.2 Å². The normalized spacial score (nSPS) is 13.9. The van der Waals surface area contributed by atoms with Gasteiger partial charge < -0.3 is 4.57 Å². The molecule has 6 heteroatoms. The maximum absolute atomic E-state index is 12.1. The molecule has 0 atom stereocenters. The zero-order valence-corrected chi connectivity index (χ0v) is 16.8. The third-order valence-electron chi connectivity index (χ3n) is 4.95. The maximum atomic E-state index is 12.1. The van der Waals surface area contributed by atoms with Crippen molar-refractivity contribution in [2.45, 2.75) is 13.8 Å². The Morgan fingerprint density at radius 1 is 0.862 bits per heavy atom. The summed E-state index contributed by atoms with van der Waals surface area (Å²) >= 11 is 4.84. The Morgan fingerprint density at radius 3 is 2.07 bits per heavy atom. The minimum Gasteiger partial charge on any atom is -0.318 e. The van der Waals surface area contributed by atoms with Gasteiger partial charge in [-0.25, -0.2) is 0 Å². The van der Waals surface area contributed by atoms with E-state index >= 15 is 0 Å². The Hall–Kier alpha value is -3.51. The lowest BCUT2D eigenvalue weighted by Gasteiger charge is -2.16. The third kappa shape index (κ3) is 3.62. The zero-order valence-electron chi connectivity index (χ0n) is 16.0. The number of hydrogen-bond acceptors (Lipinski definition) is 3. The van der Waals surface area contributed by atoms with E-state index in [-0.39, 0.29) is 10.7 Å². The van der Waals surface area contributed by atoms with Crippen molar-refractivity contribution in [1.29, 1.82) is 0 Å². The van der Waals surface area contributed by atoms with E-state index in [1.807, 2.05) is 38.1 Å². The van der Waals surface area contributed by atoms with Gasteiger partial charge in [0.25, 0.3) is 11.8 Å². The molecule has 0 aliphatic carbocycles. The third-order valence-corrected chi connectivity index (χ3v) is 5.15. The van der Waals surface area contributed by atoms with Crippen LogP contribution in [0.5, 0.6) is 0 Å². The second-order valence-electron chi connectivity index (χ2n) is 6.87. The fraction of sp³-hybridized carbons (Fsp3) is 0.0870. The lowest BCUT2D eigenvalue weighted by atomic mass is 10.1. The molecule has 144 valence electrons. The quantitative estimate of drug-likeness (QED) is 0.400. The Kier molecular flexibility index (Phi) is 4.86. The van der Waals surface area contributed by atoms with Gasteiger partial charge in [-0.3, -0.25) is 20.2 Å². The first-order chi connectivity index (χ1) is 13.9. The van der Waals surface area contributed by atoms with Crippen LogP contribution in [-0.2, 0) is 9.59 Å². The predicted molar refractivity (Wildman–Crippen MR) is 118 cm³/mol. The lowest BCUT2D eigenvalue weighted by Crippen LogP contribution is -2.51. The maximum Gasteiger partial charge on any atom is 0.263 e. The Labute approximate surface area is 174 Å². The van der Waals surface area contributed by atoms with Gasteiger partial charge >= 0.3 is 0 Å². The summed E-state index contributed by atoms with van der Waals surface area (Å²) in [5.74, 6) is -0.980. The fourth-order valence-corrected chi connectivity index (χ4v) is 3.71. The van der Waals surface area contributed by atoms with E-state index in [1.54, 1.807) is 6.08 Å². The van der Waals surface area contributed by atoms with Gasteiger partial charge in [-0.1, -0.05) is 42.5 Å². The van der Waals surface area contributed by atoms with Gasteiger partial charge in [0.1, 0.15) is 5.57 Å².